The fraction of sp³-hybridized carbons (Fsp3) is 0.100. The zero-order chi connectivity index (χ0) is 10.1. The van der Waals surface area contributed by atoms with Crippen LogP contribution in [-0.2, 0) is 5.33 Å². The second kappa shape index (κ2) is 4.04. The first-order valence-electron chi connectivity index (χ1n) is 4.00. The minimum atomic E-state index is 0.654. The molecule has 1 heterocycles. The summed E-state index contributed by atoms with van der Waals surface area (Å²) in [5.41, 5.74) is 1.88. The van der Waals surface area contributed by atoms with Crippen molar-refractivity contribution in [2.75, 3.05) is 0 Å². The number of hydrogen-bond acceptors (Lipinski definition) is 3. The highest BCUT2D eigenvalue weighted by Crippen LogP contribution is 2.31. The van der Waals surface area contributed by atoms with Crippen LogP contribution in [0.5, 0.6) is 0 Å². The lowest BCUT2D eigenvalue weighted by Gasteiger charge is -1.98. The van der Waals surface area contributed by atoms with Crippen molar-refractivity contribution in [2.45, 2.75) is 10.2 Å². The normalized spacial score (nSPS) is 10.7. The third kappa shape index (κ3) is 1.62. The second-order valence-electron chi connectivity index (χ2n) is 2.92. The van der Waals surface area contributed by atoms with Crippen LogP contribution in [0.2, 0.25) is 0 Å². The topological polar surface area (TPSA) is 17.1 Å². The van der Waals surface area contributed by atoms with Gasteiger partial charge in [0, 0.05) is 20.5 Å². The van der Waals surface area contributed by atoms with Crippen LogP contribution >= 0.6 is 39.9 Å². The zero-order valence-electron chi connectivity index (χ0n) is 7.16. The molecular formula is C10H7BrOS2. The number of aldehydes is 1. The third-order valence-electron chi connectivity index (χ3n) is 2.07. The Kier molecular flexibility index (Phi) is 2.95. The highest BCUT2D eigenvalue weighted by Gasteiger charge is 2.06. The molecule has 0 aliphatic heterocycles. The molecule has 2 rings (SSSR count). The molecule has 72 valence electrons. The van der Waals surface area contributed by atoms with Gasteiger partial charge in [-0.2, -0.15) is 0 Å². The number of halogens is 1. The van der Waals surface area contributed by atoms with E-state index in [-0.39, 0.29) is 0 Å². The van der Waals surface area contributed by atoms with Crippen molar-refractivity contribution < 1.29 is 4.79 Å². The Balaban J connectivity index is 2.76. The van der Waals surface area contributed by atoms with Crippen LogP contribution < -0.4 is 0 Å². The van der Waals surface area contributed by atoms with Crippen LogP contribution in [0, 0.1) is 0 Å². The van der Waals surface area contributed by atoms with Gasteiger partial charge in [-0.25, -0.2) is 0 Å². The van der Waals surface area contributed by atoms with Gasteiger partial charge in [0.15, 0.2) is 6.29 Å². The molecular weight excluding hydrogens is 280 g/mol. The molecule has 0 saturated heterocycles. The number of hydrogen-bond donors (Lipinski definition) is 1. The number of rotatable bonds is 2. The molecule has 0 unspecified atom stereocenters. The molecule has 1 nitrogen and oxygen atoms in total. The summed E-state index contributed by atoms with van der Waals surface area (Å²) in [4.78, 5) is 11.5. The van der Waals surface area contributed by atoms with E-state index in [1.807, 2.05) is 12.1 Å². The minimum absolute atomic E-state index is 0.654. The predicted octanol–water partition coefficient (Wildman–Crippen LogP) is 3.90. The van der Waals surface area contributed by atoms with E-state index in [1.54, 1.807) is 11.3 Å². The summed E-state index contributed by atoms with van der Waals surface area (Å²) in [5.74, 6) is 0. The molecule has 1 aromatic carbocycles. The maximum Gasteiger partial charge on any atom is 0.151 e. The number of fused-ring (bicyclic) bond motifs is 1. The van der Waals surface area contributed by atoms with Crippen LogP contribution in [0.1, 0.15) is 15.9 Å². The zero-order valence-corrected chi connectivity index (χ0v) is 10.5. The molecule has 0 saturated carbocycles. The lowest BCUT2D eigenvalue weighted by molar-refractivity contribution is 0.112. The number of carbonyl (C=O) groups excluding carboxylic acids is 1. The molecule has 0 radical (unpaired) electrons. The molecule has 0 bridgehead atoms. The summed E-state index contributed by atoms with van der Waals surface area (Å²) in [6.45, 7) is 0. The van der Waals surface area contributed by atoms with Gasteiger partial charge in [-0.3, -0.25) is 4.79 Å². The number of alkyl halides is 1. The number of thiophene rings is 1. The van der Waals surface area contributed by atoms with E-state index in [2.05, 4.69) is 33.9 Å². The maximum atomic E-state index is 10.7. The van der Waals surface area contributed by atoms with Gasteiger partial charge >= 0.3 is 0 Å². The fourth-order valence-electron chi connectivity index (χ4n) is 1.33. The summed E-state index contributed by atoms with van der Waals surface area (Å²) >= 11 is 9.36. The van der Waals surface area contributed by atoms with Crippen LogP contribution in [0.4, 0.5) is 0 Å². The first-order valence-corrected chi connectivity index (χ1v) is 6.45. The Hall–Kier alpha value is -0.320. The average molecular weight is 287 g/mol. The lowest BCUT2D eigenvalue weighted by atomic mass is 10.1. The Morgan fingerprint density at radius 3 is 2.93 bits per heavy atom. The Bertz CT molecular complexity index is 490. The minimum Gasteiger partial charge on any atom is -0.298 e. The molecule has 4 heteroatoms. The highest BCUT2D eigenvalue weighted by atomic mass is 79.9. The van der Waals surface area contributed by atoms with Crippen molar-refractivity contribution in [2.24, 2.45) is 0 Å². The summed E-state index contributed by atoms with van der Waals surface area (Å²) < 4.78 is 1.18. The largest absolute Gasteiger partial charge is 0.298 e. The highest BCUT2D eigenvalue weighted by molar-refractivity contribution is 9.08. The van der Waals surface area contributed by atoms with Crippen molar-refractivity contribution in [1.82, 2.24) is 0 Å². The SMILES string of the molecule is O=Cc1cc2c(CBr)csc2cc1S. The van der Waals surface area contributed by atoms with Crippen LogP contribution in [0.3, 0.4) is 0 Å². The summed E-state index contributed by atoms with van der Waals surface area (Å²) in [6.07, 6.45) is 0.845. The Morgan fingerprint density at radius 2 is 2.29 bits per heavy atom. The third-order valence-corrected chi connectivity index (χ3v) is 4.06. The first kappa shape index (κ1) is 10.2. The van der Waals surface area contributed by atoms with Crippen molar-refractivity contribution in [1.29, 1.82) is 0 Å². The molecule has 0 aliphatic carbocycles. The summed E-state index contributed by atoms with van der Waals surface area (Å²) in [5, 5.41) is 4.06. The standard InChI is InChI=1S/C10H7BrOS2/c11-3-7-5-14-10-2-9(13)6(4-12)1-8(7)10/h1-2,4-5,13H,3H2. The number of carbonyl (C=O) groups is 1. The van der Waals surface area contributed by atoms with E-state index in [0.29, 0.717) is 5.56 Å². The quantitative estimate of drug-likeness (QED) is 0.503. The van der Waals surface area contributed by atoms with Crippen LogP contribution in [0.25, 0.3) is 10.1 Å². The molecule has 0 N–H and O–H groups in total. The molecule has 1 aromatic heterocycles. The Labute approximate surface area is 99.7 Å². The second-order valence-corrected chi connectivity index (χ2v) is 4.87. The van der Waals surface area contributed by atoms with E-state index < -0.39 is 0 Å². The van der Waals surface area contributed by atoms with Crippen molar-refractivity contribution in [3.8, 4) is 0 Å². The Morgan fingerprint density at radius 1 is 1.50 bits per heavy atom. The van der Waals surface area contributed by atoms with Gasteiger partial charge in [0.25, 0.3) is 0 Å². The van der Waals surface area contributed by atoms with Gasteiger partial charge in [0.1, 0.15) is 0 Å². The molecule has 0 aliphatic rings. The number of thiol groups is 1. The van der Waals surface area contributed by atoms with E-state index in [9.17, 15) is 4.79 Å². The van der Waals surface area contributed by atoms with Crippen LogP contribution in [0.15, 0.2) is 22.4 Å². The van der Waals surface area contributed by atoms with Gasteiger partial charge in [0.05, 0.1) is 0 Å². The molecule has 14 heavy (non-hydrogen) atoms. The molecule has 0 amide bonds. The van der Waals surface area contributed by atoms with Gasteiger partial charge in [-0.05, 0) is 28.5 Å². The van der Waals surface area contributed by atoms with Crippen LogP contribution in [-0.4, -0.2) is 6.29 Å². The molecule has 0 atom stereocenters. The average Bonchev–Trinajstić information content (AvgIpc) is 2.58. The van der Waals surface area contributed by atoms with Gasteiger partial charge < -0.3 is 0 Å². The van der Waals surface area contributed by atoms with E-state index in [4.69, 9.17) is 0 Å². The molecule has 2 aromatic rings. The number of benzene rings is 1. The van der Waals surface area contributed by atoms with E-state index >= 15 is 0 Å². The first-order chi connectivity index (χ1) is 6.76. The van der Waals surface area contributed by atoms with Crippen molar-refractivity contribution in [3.63, 3.8) is 0 Å². The molecule has 0 spiro atoms. The maximum absolute atomic E-state index is 10.7. The summed E-state index contributed by atoms with van der Waals surface area (Å²) in [7, 11) is 0. The smallest absolute Gasteiger partial charge is 0.151 e. The molecule has 0 fully saturated rings. The van der Waals surface area contributed by atoms with Gasteiger partial charge in [0.2, 0.25) is 0 Å². The predicted molar refractivity (Wildman–Crippen MR) is 67.1 cm³/mol. The van der Waals surface area contributed by atoms with Gasteiger partial charge in [-0.15, -0.1) is 24.0 Å². The monoisotopic (exact) mass is 286 g/mol. The fourth-order valence-corrected chi connectivity index (χ4v) is 3.32. The van der Waals surface area contributed by atoms with Crippen molar-refractivity contribution >= 4 is 56.3 Å². The van der Waals surface area contributed by atoms with Gasteiger partial charge in [-0.1, -0.05) is 15.9 Å². The van der Waals surface area contributed by atoms with E-state index in [0.717, 1.165) is 21.9 Å². The van der Waals surface area contributed by atoms with E-state index in [1.165, 1.54) is 10.3 Å². The van der Waals surface area contributed by atoms with Crippen molar-refractivity contribution in [3.05, 3.63) is 28.6 Å². The summed E-state index contributed by atoms with van der Waals surface area (Å²) in [6, 6.07) is 3.84. The lowest BCUT2D eigenvalue weighted by Crippen LogP contribution is -1.83.